The number of hydrogen-bond acceptors (Lipinski definition) is 8. The maximum absolute atomic E-state index is 13.3. The second-order valence-electron chi connectivity index (χ2n) is 11.1. The van der Waals surface area contributed by atoms with E-state index in [9.17, 15) is 14.8 Å². The number of pyridine rings is 2. The molecule has 1 aliphatic carbocycles. The van der Waals surface area contributed by atoms with Crippen molar-refractivity contribution in [1.29, 1.82) is 0 Å². The van der Waals surface area contributed by atoms with E-state index in [0.29, 0.717) is 41.6 Å². The number of piperazine rings is 1. The first-order valence-electron chi connectivity index (χ1n) is 13.4. The molecular formula is C27H33Br2N7O4. The van der Waals surface area contributed by atoms with Crippen molar-refractivity contribution < 1.29 is 14.3 Å². The van der Waals surface area contributed by atoms with Crippen molar-refractivity contribution in [3.8, 4) is 0 Å². The maximum Gasteiger partial charge on any atom is 0.410 e. The predicted molar refractivity (Wildman–Crippen MR) is 160 cm³/mol. The molecule has 2 fully saturated rings. The van der Waals surface area contributed by atoms with Gasteiger partial charge in [-0.2, -0.15) is 9.97 Å². The van der Waals surface area contributed by atoms with Gasteiger partial charge in [-0.3, -0.25) is 9.36 Å². The van der Waals surface area contributed by atoms with Crippen molar-refractivity contribution >= 4 is 66.4 Å². The Morgan fingerprint density at radius 2 is 1.90 bits per heavy atom. The third kappa shape index (κ3) is 5.90. The van der Waals surface area contributed by atoms with Crippen molar-refractivity contribution in [2.45, 2.75) is 63.4 Å². The van der Waals surface area contributed by atoms with E-state index in [1.165, 1.54) is 6.20 Å². The molecule has 3 aromatic heterocycles. The molecule has 0 spiro atoms. The molecule has 3 aromatic rings. The van der Waals surface area contributed by atoms with E-state index in [1.807, 2.05) is 26.8 Å². The third-order valence-electron chi connectivity index (χ3n) is 7.25. The number of halogens is 2. The van der Waals surface area contributed by atoms with E-state index in [1.54, 1.807) is 21.7 Å². The van der Waals surface area contributed by atoms with Crippen molar-refractivity contribution in [1.82, 2.24) is 19.4 Å². The number of nitrogens with zero attached hydrogens (tertiary/aromatic N) is 6. The SMILES string of the molecule is CC(C)(C)OC(=O)N1CCN(c2ccc(Nc3ncc4c(CBr)c(Br)c(=O)n(C5CCCC5)c4n3)[n+]([O-])c2)CC1. The van der Waals surface area contributed by atoms with Crippen LogP contribution in [0.5, 0.6) is 0 Å². The minimum absolute atomic E-state index is 0.0814. The zero-order valence-corrected chi connectivity index (χ0v) is 26.0. The second kappa shape index (κ2) is 11.5. The molecule has 214 valence electrons. The number of ether oxygens (including phenoxy) is 1. The largest absolute Gasteiger partial charge is 0.711 e. The van der Waals surface area contributed by atoms with Crippen LogP contribution in [0.3, 0.4) is 0 Å². The van der Waals surface area contributed by atoms with Gasteiger partial charge in [0, 0.05) is 55.2 Å². The number of hydrogen-bond donors (Lipinski definition) is 1. The molecule has 0 bridgehead atoms. The Labute approximate surface area is 249 Å². The lowest BCUT2D eigenvalue weighted by molar-refractivity contribution is -0.589. The fraction of sp³-hybridized carbons (Fsp3) is 0.519. The lowest BCUT2D eigenvalue weighted by Crippen LogP contribution is -2.50. The van der Waals surface area contributed by atoms with Crippen LogP contribution in [0.1, 0.15) is 58.1 Å². The third-order valence-corrected chi connectivity index (χ3v) is 8.63. The van der Waals surface area contributed by atoms with E-state index in [0.717, 1.165) is 47.1 Å². The Balaban J connectivity index is 1.35. The van der Waals surface area contributed by atoms with Crippen molar-refractivity contribution in [2.24, 2.45) is 0 Å². The molecule has 0 unspecified atom stereocenters. The molecule has 4 heterocycles. The number of aromatic nitrogens is 4. The van der Waals surface area contributed by atoms with E-state index < -0.39 is 5.60 Å². The number of fused-ring (bicyclic) bond motifs is 1. The van der Waals surface area contributed by atoms with E-state index in [2.05, 4.69) is 47.1 Å². The van der Waals surface area contributed by atoms with Crippen LogP contribution in [0, 0.1) is 5.21 Å². The van der Waals surface area contributed by atoms with Crippen LogP contribution < -0.4 is 20.5 Å². The quantitative estimate of drug-likeness (QED) is 0.228. The second-order valence-corrected chi connectivity index (χ2v) is 12.5. The van der Waals surface area contributed by atoms with Crippen LogP contribution in [0.4, 0.5) is 22.2 Å². The molecule has 0 atom stereocenters. The molecular weight excluding hydrogens is 646 g/mol. The molecule has 1 saturated carbocycles. The van der Waals surface area contributed by atoms with Gasteiger partial charge in [-0.25, -0.2) is 14.8 Å². The average Bonchev–Trinajstić information content (AvgIpc) is 3.44. The number of rotatable bonds is 5. The summed E-state index contributed by atoms with van der Waals surface area (Å²) in [7, 11) is 0. The molecule has 13 heteroatoms. The fourth-order valence-corrected chi connectivity index (χ4v) is 6.76. The highest BCUT2D eigenvalue weighted by molar-refractivity contribution is 9.10. The van der Waals surface area contributed by atoms with Gasteiger partial charge < -0.3 is 19.7 Å². The van der Waals surface area contributed by atoms with Gasteiger partial charge in [0.15, 0.2) is 5.65 Å². The van der Waals surface area contributed by atoms with Gasteiger partial charge in [0.2, 0.25) is 0 Å². The number of alkyl halides is 1. The lowest BCUT2D eigenvalue weighted by Gasteiger charge is -2.36. The molecule has 40 heavy (non-hydrogen) atoms. The molecule has 1 amide bonds. The zero-order valence-electron chi connectivity index (χ0n) is 22.8. The molecule has 0 radical (unpaired) electrons. The monoisotopic (exact) mass is 677 g/mol. The highest BCUT2D eigenvalue weighted by Crippen LogP contribution is 2.33. The van der Waals surface area contributed by atoms with Gasteiger partial charge in [-0.1, -0.05) is 28.8 Å². The average molecular weight is 679 g/mol. The van der Waals surface area contributed by atoms with Gasteiger partial charge >= 0.3 is 12.0 Å². The van der Waals surface area contributed by atoms with Crippen LogP contribution in [0.15, 0.2) is 33.8 Å². The van der Waals surface area contributed by atoms with Gasteiger partial charge in [0.25, 0.3) is 11.4 Å². The number of nitrogens with one attached hydrogen (secondary N) is 1. The molecule has 0 aromatic carbocycles. The summed E-state index contributed by atoms with van der Waals surface area (Å²) in [5, 5.41) is 17.3. The molecule has 2 aliphatic rings. The summed E-state index contributed by atoms with van der Waals surface area (Å²) in [6, 6.07) is 3.62. The van der Waals surface area contributed by atoms with Crippen molar-refractivity contribution in [2.75, 3.05) is 36.4 Å². The topological polar surface area (TPSA) is 120 Å². The Bertz CT molecular complexity index is 1480. The van der Waals surface area contributed by atoms with Gasteiger partial charge in [-0.05, 0) is 61.2 Å². The first kappa shape index (κ1) is 28.6. The van der Waals surface area contributed by atoms with Crippen LogP contribution in [-0.2, 0) is 10.1 Å². The van der Waals surface area contributed by atoms with Crippen LogP contribution in [-0.4, -0.2) is 57.3 Å². The van der Waals surface area contributed by atoms with E-state index in [4.69, 9.17) is 9.72 Å². The lowest BCUT2D eigenvalue weighted by atomic mass is 10.1. The minimum Gasteiger partial charge on any atom is -0.711 e. The number of carbonyl (C=O) groups is 1. The Morgan fingerprint density at radius 3 is 2.52 bits per heavy atom. The molecule has 1 aliphatic heterocycles. The summed E-state index contributed by atoms with van der Waals surface area (Å²) in [5.74, 6) is 0.507. The number of amides is 1. The minimum atomic E-state index is -0.541. The van der Waals surface area contributed by atoms with Crippen molar-refractivity contribution in [3.63, 3.8) is 0 Å². The number of anilines is 3. The summed E-state index contributed by atoms with van der Waals surface area (Å²) in [5.41, 5.74) is 1.47. The molecule has 1 N–H and O–H groups in total. The van der Waals surface area contributed by atoms with E-state index >= 15 is 0 Å². The van der Waals surface area contributed by atoms with Gasteiger partial charge in [-0.15, -0.1) is 0 Å². The Morgan fingerprint density at radius 1 is 1.20 bits per heavy atom. The molecule has 11 nitrogen and oxygen atoms in total. The first-order valence-corrected chi connectivity index (χ1v) is 15.4. The molecule has 1 saturated heterocycles. The summed E-state index contributed by atoms with van der Waals surface area (Å²) >= 11 is 6.98. The fourth-order valence-electron chi connectivity index (χ4n) is 5.25. The Kier molecular flexibility index (Phi) is 8.23. The summed E-state index contributed by atoms with van der Waals surface area (Å²) in [6.45, 7) is 7.73. The predicted octanol–water partition coefficient (Wildman–Crippen LogP) is 5.00. The van der Waals surface area contributed by atoms with Crippen LogP contribution in [0.2, 0.25) is 0 Å². The standard InChI is InChI=1S/C27H33Br2N7O4/c1-27(2,3)40-26(38)34-12-10-33(11-13-34)18-8-9-21(35(39)16-18)31-25-30-15-20-19(14-28)22(29)24(37)36(23(20)32-25)17-6-4-5-7-17/h8-9,15-17H,4-7,10-14H2,1-3H3,(H,30,31,32). The van der Waals surface area contributed by atoms with E-state index in [-0.39, 0.29) is 29.5 Å². The summed E-state index contributed by atoms with van der Waals surface area (Å²) in [4.78, 5) is 38.6. The van der Waals surface area contributed by atoms with Crippen LogP contribution in [0.25, 0.3) is 11.0 Å². The summed E-state index contributed by atoms with van der Waals surface area (Å²) < 4.78 is 8.51. The summed E-state index contributed by atoms with van der Waals surface area (Å²) in [6.07, 6.45) is 6.88. The zero-order chi connectivity index (χ0) is 28.6. The first-order chi connectivity index (χ1) is 19.1. The Hall–Kier alpha value is -2.93. The highest BCUT2D eigenvalue weighted by Gasteiger charge is 2.27. The number of carbonyl (C=O) groups excluding carboxylic acids is 1. The van der Waals surface area contributed by atoms with Gasteiger partial charge in [0.05, 0.1) is 10.2 Å². The van der Waals surface area contributed by atoms with Gasteiger partial charge in [0.1, 0.15) is 11.8 Å². The smallest absolute Gasteiger partial charge is 0.410 e. The van der Waals surface area contributed by atoms with Crippen LogP contribution >= 0.6 is 31.9 Å². The normalized spacial score (nSPS) is 16.5. The highest BCUT2D eigenvalue weighted by atomic mass is 79.9. The molecule has 5 rings (SSSR count). The maximum atomic E-state index is 13.3. The van der Waals surface area contributed by atoms with Crippen molar-refractivity contribution in [3.05, 3.63) is 50.1 Å².